The van der Waals surface area contributed by atoms with Crippen molar-refractivity contribution in [2.45, 2.75) is 6.18 Å². The molecule has 0 radical (unpaired) electrons. The molecule has 0 saturated carbocycles. The molecular weight excluding hydrogens is 395 g/mol. The van der Waals surface area contributed by atoms with Gasteiger partial charge in [0.25, 0.3) is 5.91 Å². The minimum absolute atomic E-state index is 0.0730. The van der Waals surface area contributed by atoms with E-state index in [0.717, 1.165) is 48.9 Å². The summed E-state index contributed by atoms with van der Waals surface area (Å²) >= 11 is 5.59. The number of phenols is 1. The lowest BCUT2D eigenvalue weighted by Gasteiger charge is -2.33. The Bertz CT molecular complexity index is 835. The molecule has 0 unspecified atom stereocenters. The van der Waals surface area contributed by atoms with Gasteiger partial charge in [-0.05, 0) is 42.5 Å². The van der Waals surface area contributed by atoms with Gasteiger partial charge in [0.05, 0.1) is 36.8 Å². The molecule has 1 saturated heterocycles. The van der Waals surface area contributed by atoms with Gasteiger partial charge in [0.15, 0.2) is 6.54 Å². The van der Waals surface area contributed by atoms with Crippen LogP contribution < -0.4 is 15.1 Å². The van der Waals surface area contributed by atoms with Gasteiger partial charge in [-0.15, -0.1) is 0 Å². The monoisotopic (exact) mass is 414 g/mol. The third-order valence-electron chi connectivity index (χ3n) is 4.65. The molecule has 150 valence electrons. The predicted octanol–water partition coefficient (Wildman–Crippen LogP) is 2.41. The molecule has 0 atom stereocenters. The summed E-state index contributed by atoms with van der Waals surface area (Å²) in [6, 6.07) is 10.3. The molecule has 3 rings (SSSR count). The summed E-state index contributed by atoms with van der Waals surface area (Å²) in [7, 11) is 0. The molecule has 1 aliphatic heterocycles. The molecule has 1 fully saturated rings. The number of rotatable bonds is 4. The minimum atomic E-state index is -4.58. The summed E-state index contributed by atoms with van der Waals surface area (Å²) in [6.07, 6.45) is -4.58. The number of halogens is 4. The van der Waals surface area contributed by atoms with Crippen LogP contribution in [0, 0.1) is 0 Å². The van der Waals surface area contributed by atoms with Crippen molar-refractivity contribution in [3.63, 3.8) is 0 Å². The van der Waals surface area contributed by atoms with Gasteiger partial charge in [0.2, 0.25) is 0 Å². The zero-order chi connectivity index (χ0) is 20.3. The SMILES string of the molecule is O=C(C[NH+]1CCN(c2ccc(O)cc2)CC1)Nc1ccc(Cl)c(C(F)(F)F)c1. The molecule has 1 aliphatic rings. The number of quaternary nitrogens is 1. The van der Waals surface area contributed by atoms with E-state index in [1.807, 2.05) is 12.1 Å². The second-order valence-electron chi connectivity index (χ2n) is 6.67. The van der Waals surface area contributed by atoms with Gasteiger partial charge in [-0.2, -0.15) is 13.2 Å². The maximum Gasteiger partial charge on any atom is 0.417 e. The zero-order valence-corrected chi connectivity index (χ0v) is 15.6. The second kappa shape index (κ2) is 8.28. The van der Waals surface area contributed by atoms with Crippen LogP contribution in [0.5, 0.6) is 5.75 Å². The van der Waals surface area contributed by atoms with Crippen LogP contribution in [0.25, 0.3) is 0 Å². The van der Waals surface area contributed by atoms with E-state index < -0.39 is 16.8 Å². The smallest absolute Gasteiger partial charge is 0.417 e. The number of nitrogens with one attached hydrogen (secondary N) is 2. The Morgan fingerprint density at radius 3 is 2.39 bits per heavy atom. The van der Waals surface area contributed by atoms with Crippen molar-refractivity contribution < 1.29 is 28.0 Å². The first-order valence-corrected chi connectivity index (χ1v) is 9.14. The summed E-state index contributed by atoms with van der Waals surface area (Å²) in [6.45, 7) is 3.11. The van der Waals surface area contributed by atoms with E-state index in [4.69, 9.17) is 11.6 Å². The van der Waals surface area contributed by atoms with Crippen molar-refractivity contribution in [1.29, 1.82) is 0 Å². The van der Waals surface area contributed by atoms with Gasteiger partial charge in [-0.25, -0.2) is 0 Å². The molecule has 1 heterocycles. The summed E-state index contributed by atoms with van der Waals surface area (Å²) in [5.41, 5.74) is 0.104. The van der Waals surface area contributed by atoms with Crippen LogP contribution in [0.3, 0.4) is 0 Å². The van der Waals surface area contributed by atoms with Gasteiger partial charge in [-0.3, -0.25) is 4.79 Å². The fourth-order valence-corrected chi connectivity index (χ4v) is 3.40. The Hall–Kier alpha value is -2.45. The number of benzene rings is 2. The summed E-state index contributed by atoms with van der Waals surface area (Å²) in [5, 5.41) is 11.5. The van der Waals surface area contributed by atoms with Crippen LogP contribution in [0.15, 0.2) is 42.5 Å². The fourth-order valence-electron chi connectivity index (χ4n) is 3.17. The predicted molar refractivity (Wildman–Crippen MR) is 101 cm³/mol. The Kier molecular flexibility index (Phi) is 6.00. The molecule has 5 nitrogen and oxygen atoms in total. The van der Waals surface area contributed by atoms with E-state index >= 15 is 0 Å². The normalized spacial score (nSPS) is 15.5. The number of anilines is 2. The molecule has 1 amide bonds. The highest BCUT2D eigenvalue weighted by Gasteiger charge is 2.33. The molecule has 28 heavy (non-hydrogen) atoms. The number of amides is 1. The molecule has 0 aliphatic carbocycles. The zero-order valence-electron chi connectivity index (χ0n) is 14.9. The molecular formula is C19H20ClF3N3O2+. The third kappa shape index (κ3) is 5.08. The average molecular weight is 415 g/mol. The molecule has 2 aromatic carbocycles. The van der Waals surface area contributed by atoms with Crippen molar-refractivity contribution in [3.8, 4) is 5.75 Å². The van der Waals surface area contributed by atoms with Gasteiger partial charge >= 0.3 is 6.18 Å². The van der Waals surface area contributed by atoms with Gasteiger partial charge in [0.1, 0.15) is 5.75 Å². The topological polar surface area (TPSA) is 57.0 Å². The number of phenolic OH excluding ortho intramolecular Hbond substituents is 1. The van der Waals surface area contributed by atoms with Crippen molar-refractivity contribution in [2.24, 2.45) is 0 Å². The van der Waals surface area contributed by atoms with Crippen LogP contribution in [0.2, 0.25) is 5.02 Å². The maximum atomic E-state index is 12.9. The standard InChI is InChI=1S/C19H19ClF3N3O2/c20-17-6-1-13(11-16(17)19(21,22)23)24-18(28)12-25-7-9-26(10-8-25)14-2-4-15(27)5-3-14/h1-6,11,27H,7-10,12H2,(H,24,28)/p+1. The molecule has 0 aromatic heterocycles. The lowest BCUT2D eigenvalue weighted by molar-refractivity contribution is -0.892. The van der Waals surface area contributed by atoms with Gasteiger partial charge in [0, 0.05) is 11.4 Å². The highest BCUT2D eigenvalue weighted by Crippen LogP contribution is 2.36. The molecule has 2 aromatic rings. The van der Waals surface area contributed by atoms with E-state index in [2.05, 4.69) is 10.2 Å². The fraction of sp³-hybridized carbons (Fsp3) is 0.316. The quantitative estimate of drug-likeness (QED) is 0.720. The number of nitrogens with zero attached hydrogens (tertiary/aromatic N) is 1. The highest BCUT2D eigenvalue weighted by molar-refractivity contribution is 6.31. The Balaban J connectivity index is 1.53. The number of piperazine rings is 1. The van der Waals surface area contributed by atoms with Crippen LogP contribution in [-0.2, 0) is 11.0 Å². The Morgan fingerprint density at radius 1 is 1.14 bits per heavy atom. The third-order valence-corrected chi connectivity index (χ3v) is 4.98. The molecule has 0 spiro atoms. The van der Waals surface area contributed by atoms with Crippen molar-refractivity contribution in [1.82, 2.24) is 0 Å². The molecule has 3 N–H and O–H groups in total. The van der Waals surface area contributed by atoms with Crippen LogP contribution in [0.4, 0.5) is 24.5 Å². The van der Waals surface area contributed by atoms with Crippen LogP contribution >= 0.6 is 11.6 Å². The van der Waals surface area contributed by atoms with Gasteiger partial charge < -0.3 is 20.2 Å². The van der Waals surface area contributed by atoms with E-state index in [1.165, 1.54) is 6.07 Å². The van der Waals surface area contributed by atoms with E-state index in [9.17, 15) is 23.1 Å². The number of hydrogen-bond acceptors (Lipinski definition) is 3. The van der Waals surface area contributed by atoms with Crippen LogP contribution in [-0.4, -0.2) is 43.7 Å². The average Bonchev–Trinajstić information content (AvgIpc) is 2.64. The van der Waals surface area contributed by atoms with Crippen molar-refractivity contribution in [3.05, 3.63) is 53.1 Å². The number of hydrogen-bond donors (Lipinski definition) is 3. The van der Waals surface area contributed by atoms with E-state index in [1.54, 1.807) is 12.1 Å². The Labute approximate surface area is 165 Å². The molecule has 9 heteroatoms. The lowest BCUT2D eigenvalue weighted by atomic mass is 10.2. The first-order chi connectivity index (χ1) is 13.2. The number of carbonyl (C=O) groups excluding carboxylic acids is 1. The Morgan fingerprint density at radius 2 is 1.79 bits per heavy atom. The summed E-state index contributed by atoms with van der Waals surface area (Å²) in [4.78, 5) is 15.4. The lowest BCUT2D eigenvalue weighted by Crippen LogP contribution is -3.15. The maximum absolute atomic E-state index is 12.9. The van der Waals surface area contributed by atoms with E-state index in [-0.39, 0.29) is 23.9 Å². The summed E-state index contributed by atoms with van der Waals surface area (Å²) < 4.78 is 38.8. The first-order valence-electron chi connectivity index (χ1n) is 8.76. The molecule has 0 bridgehead atoms. The minimum Gasteiger partial charge on any atom is -0.508 e. The number of aromatic hydroxyl groups is 1. The second-order valence-corrected chi connectivity index (χ2v) is 7.08. The van der Waals surface area contributed by atoms with Crippen LogP contribution in [0.1, 0.15) is 5.56 Å². The van der Waals surface area contributed by atoms with Gasteiger partial charge in [-0.1, -0.05) is 11.6 Å². The van der Waals surface area contributed by atoms with Crippen molar-refractivity contribution >= 4 is 28.9 Å². The largest absolute Gasteiger partial charge is 0.508 e. The number of carbonyl (C=O) groups is 1. The van der Waals surface area contributed by atoms with E-state index in [0.29, 0.717) is 0 Å². The summed E-state index contributed by atoms with van der Waals surface area (Å²) in [5.74, 6) is -0.135. The highest BCUT2D eigenvalue weighted by atomic mass is 35.5. The first kappa shape index (κ1) is 20.3. The number of alkyl halides is 3. The van der Waals surface area contributed by atoms with Crippen molar-refractivity contribution in [2.75, 3.05) is 42.9 Å².